The van der Waals surface area contributed by atoms with E-state index in [0.29, 0.717) is 6.54 Å². The Hall–Kier alpha value is -1.20. The summed E-state index contributed by atoms with van der Waals surface area (Å²) in [6.07, 6.45) is 4.54. The molecule has 0 radical (unpaired) electrons. The maximum absolute atomic E-state index is 12.2. The normalized spacial score (nSPS) is 14.6. The third-order valence-electron chi connectivity index (χ3n) is 3.68. The first-order valence-electron chi connectivity index (χ1n) is 6.86. The highest BCUT2D eigenvalue weighted by Gasteiger charge is 2.15. The Morgan fingerprint density at radius 3 is 2.65 bits per heavy atom. The zero-order valence-electron chi connectivity index (χ0n) is 12.1. The fraction of sp³-hybridized carbons (Fsp3) is 0.533. The fourth-order valence-electron chi connectivity index (χ4n) is 2.48. The lowest BCUT2D eigenvalue weighted by Crippen LogP contribution is -2.30. The molecule has 2 rings (SSSR count). The number of aryl methyl sites for hydroxylation is 2. The number of hydrogen-bond acceptors (Lipinski definition) is 4. The predicted molar refractivity (Wildman–Crippen MR) is 80.0 cm³/mol. The topological polar surface area (TPSA) is 54.5 Å². The molecule has 1 aliphatic carbocycles. The molecule has 0 unspecified atom stereocenters. The van der Waals surface area contributed by atoms with Crippen LogP contribution in [0.2, 0.25) is 0 Å². The van der Waals surface area contributed by atoms with Crippen LogP contribution in [0.15, 0.2) is 18.2 Å². The van der Waals surface area contributed by atoms with E-state index in [-0.39, 0.29) is 18.1 Å². The second kappa shape index (κ2) is 6.06. The number of benzene rings is 1. The average Bonchev–Trinajstić information content (AvgIpc) is 2.82. The monoisotopic (exact) mass is 295 g/mol. The molecule has 1 aromatic rings. The smallest absolute Gasteiger partial charge is 0.176 e. The van der Waals surface area contributed by atoms with Crippen molar-refractivity contribution >= 4 is 15.6 Å². The van der Waals surface area contributed by atoms with Crippen LogP contribution in [0.25, 0.3) is 0 Å². The van der Waals surface area contributed by atoms with Crippen molar-refractivity contribution in [1.29, 1.82) is 0 Å². The molecule has 0 amide bonds. The molecular formula is C15H21NO3S. The van der Waals surface area contributed by atoms with Crippen molar-refractivity contribution in [2.24, 2.45) is 0 Å². The van der Waals surface area contributed by atoms with Crippen molar-refractivity contribution in [1.82, 2.24) is 4.90 Å². The first-order valence-corrected chi connectivity index (χ1v) is 8.92. The number of hydrogen-bond donors (Lipinski definition) is 0. The van der Waals surface area contributed by atoms with Crippen molar-refractivity contribution in [2.45, 2.75) is 19.3 Å². The summed E-state index contributed by atoms with van der Waals surface area (Å²) in [6, 6.07) is 5.93. The van der Waals surface area contributed by atoms with Crippen LogP contribution in [0.5, 0.6) is 0 Å². The first kappa shape index (κ1) is 15.2. The Morgan fingerprint density at radius 1 is 1.25 bits per heavy atom. The van der Waals surface area contributed by atoms with E-state index in [1.54, 1.807) is 11.9 Å². The van der Waals surface area contributed by atoms with E-state index in [9.17, 15) is 13.2 Å². The van der Waals surface area contributed by atoms with Gasteiger partial charge < -0.3 is 0 Å². The van der Waals surface area contributed by atoms with Gasteiger partial charge in [0.25, 0.3) is 0 Å². The molecule has 0 atom stereocenters. The van der Waals surface area contributed by atoms with E-state index < -0.39 is 9.84 Å². The summed E-state index contributed by atoms with van der Waals surface area (Å²) in [5, 5.41) is 0. The molecule has 0 spiro atoms. The number of carbonyl (C=O) groups excluding carboxylic acids is 1. The molecule has 5 heteroatoms. The van der Waals surface area contributed by atoms with Crippen molar-refractivity contribution < 1.29 is 13.2 Å². The minimum absolute atomic E-state index is 0.0516. The van der Waals surface area contributed by atoms with Crippen LogP contribution in [0, 0.1) is 0 Å². The van der Waals surface area contributed by atoms with Crippen LogP contribution in [-0.2, 0) is 22.7 Å². The third-order valence-corrected chi connectivity index (χ3v) is 4.60. The Morgan fingerprint density at radius 2 is 1.95 bits per heavy atom. The van der Waals surface area contributed by atoms with Gasteiger partial charge in [-0.3, -0.25) is 9.69 Å². The lowest BCUT2D eigenvalue weighted by Gasteiger charge is -2.15. The Kier molecular flexibility index (Phi) is 4.60. The van der Waals surface area contributed by atoms with E-state index >= 15 is 0 Å². The number of nitrogens with zero attached hydrogens (tertiary/aromatic N) is 1. The Bertz CT molecular complexity index is 608. The maximum atomic E-state index is 12.2. The Labute approximate surface area is 120 Å². The summed E-state index contributed by atoms with van der Waals surface area (Å²) < 4.78 is 22.2. The van der Waals surface area contributed by atoms with Crippen LogP contribution in [0.1, 0.15) is 27.9 Å². The summed E-state index contributed by atoms with van der Waals surface area (Å²) in [5.74, 6) is 0.136. The van der Waals surface area contributed by atoms with Gasteiger partial charge in [-0.15, -0.1) is 0 Å². The summed E-state index contributed by atoms with van der Waals surface area (Å²) in [4.78, 5) is 13.9. The SMILES string of the molecule is CN(CCS(C)(=O)=O)CC(=O)c1ccc2c(c1)CCC2. The molecule has 0 fully saturated rings. The summed E-state index contributed by atoms with van der Waals surface area (Å²) in [5.41, 5.74) is 3.37. The van der Waals surface area contributed by atoms with Gasteiger partial charge in [0.05, 0.1) is 12.3 Å². The largest absolute Gasteiger partial charge is 0.298 e. The van der Waals surface area contributed by atoms with E-state index in [4.69, 9.17) is 0 Å². The molecule has 0 heterocycles. The predicted octanol–water partition coefficient (Wildman–Crippen LogP) is 1.33. The highest BCUT2D eigenvalue weighted by Crippen LogP contribution is 2.23. The standard InChI is InChI=1S/C15H21NO3S/c1-16(8-9-20(2,18)19)11-15(17)14-7-6-12-4-3-5-13(12)10-14/h6-7,10H,3-5,8-9,11H2,1-2H3. The van der Waals surface area contributed by atoms with Crippen molar-refractivity contribution in [2.75, 3.05) is 32.1 Å². The number of rotatable bonds is 6. The lowest BCUT2D eigenvalue weighted by molar-refractivity contribution is 0.0949. The molecule has 0 saturated carbocycles. The minimum atomic E-state index is -2.98. The van der Waals surface area contributed by atoms with Crippen LogP contribution in [-0.4, -0.2) is 51.2 Å². The maximum Gasteiger partial charge on any atom is 0.176 e. The van der Waals surface area contributed by atoms with Gasteiger partial charge in [-0.05, 0) is 43.5 Å². The van der Waals surface area contributed by atoms with Gasteiger partial charge in [0.15, 0.2) is 5.78 Å². The lowest BCUT2D eigenvalue weighted by atomic mass is 10.0. The van der Waals surface area contributed by atoms with Gasteiger partial charge in [0.2, 0.25) is 0 Å². The van der Waals surface area contributed by atoms with Crippen LogP contribution in [0.4, 0.5) is 0 Å². The Balaban J connectivity index is 1.94. The van der Waals surface area contributed by atoms with E-state index in [1.807, 2.05) is 18.2 Å². The van der Waals surface area contributed by atoms with Crippen molar-refractivity contribution in [3.05, 3.63) is 34.9 Å². The van der Waals surface area contributed by atoms with Crippen LogP contribution in [0.3, 0.4) is 0 Å². The second-order valence-electron chi connectivity index (χ2n) is 5.63. The van der Waals surface area contributed by atoms with Crippen molar-refractivity contribution in [3.8, 4) is 0 Å². The molecule has 110 valence electrons. The molecule has 20 heavy (non-hydrogen) atoms. The molecule has 0 aromatic heterocycles. The molecular weight excluding hydrogens is 274 g/mol. The van der Waals surface area contributed by atoms with Gasteiger partial charge >= 0.3 is 0 Å². The van der Waals surface area contributed by atoms with Crippen LogP contribution < -0.4 is 0 Å². The summed E-state index contributed by atoms with van der Waals surface area (Å²) in [7, 11) is -1.21. The van der Waals surface area contributed by atoms with Gasteiger partial charge in [-0.25, -0.2) is 8.42 Å². The van der Waals surface area contributed by atoms with Gasteiger partial charge in [-0.1, -0.05) is 12.1 Å². The first-order chi connectivity index (χ1) is 9.35. The molecule has 4 nitrogen and oxygen atoms in total. The highest BCUT2D eigenvalue weighted by molar-refractivity contribution is 7.90. The fourth-order valence-corrected chi connectivity index (χ4v) is 3.13. The number of likely N-dealkylation sites (N-methyl/N-ethyl adjacent to an activating group) is 1. The second-order valence-corrected chi connectivity index (χ2v) is 7.89. The highest BCUT2D eigenvalue weighted by atomic mass is 32.2. The van der Waals surface area contributed by atoms with Gasteiger partial charge in [0.1, 0.15) is 9.84 Å². The van der Waals surface area contributed by atoms with Crippen molar-refractivity contribution in [3.63, 3.8) is 0 Å². The molecule has 1 aromatic carbocycles. The van der Waals surface area contributed by atoms with Gasteiger partial charge in [-0.2, -0.15) is 0 Å². The molecule has 0 N–H and O–H groups in total. The van der Waals surface area contributed by atoms with Gasteiger partial charge in [0, 0.05) is 18.4 Å². The van der Waals surface area contributed by atoms with E-state index in [1.165, 1.54) is 23.8 Å². The zero-order chi connectivity index (χ0) is 14.8. The molecule has 0 aliphatic heterocycles. The number of sulfone groups is 1. The number of fused-ring (bicyclic) bond motifs is 1. The molecule has 0 bridgehead atoms. The molecule has 0 saturated heterocycles. The average molecular weight is 295 g/mol. The van der Waals surface area contributed by atoms with E-state index in [2.05, 4.69) is 0 Å². The third kappa shape index (κ3) is 4.15. The zero-order valence-corrected chi connectivity index (χ0v) is 12.9. The number of carbonyl (C=O) groups is 1. The number of ketones is 1. The van der Waals surface area contributed by atoms with Crippen LogP contribution >= 0.6 is 0 Å². The van der Waals surface area contributed by atoms with E-state index in [0.717, 1.165) is 18.4 Å². The summed E-state index contributed by atoms with van der Waals surface area (Å²) in [6.45, 7) is 0.643. The summed E-state index contributed by atoms with van der Waals surface area (Å²) >= 11 is 0. The minimum Gasteiger partial charge on any atom is -0.298 e. The number of Topliss-reactive ketones (excluding diaryl/α,β-unsaturated/α-hetero) is 1. The molecule has 1 aliphatic rings. The quantitative estimate of drug-likeness (QED) is 0.743.